The van der Waals surface area contributed by atoms with Gasteiger partial charge in [-0.25, -0.2) is 28.1 Å². The number of hydrogen-bond acceptors (Lipinski definition) is 6. The molecule has 0 radical (unpaired) electrons. The molecule has 1 aromatic carbocycles. The van der Waals surface area contributed by atoms with Crippen molar-refractivity contribution < 1.29 is 13.2 Å². The van der Waals surface area contributed by atoms with Crippen molar-refractivity contribution in [3.63, 3.8) is 0 Å². The lowest BCUT2D eigenvalue weighted by molar-refractivity contribution is 0.0758. The number of amidine groups is 1. The van der Waals surface area contributed by atoms with Gasteiger partial charge in [0.05, 0.1) is 6.04 Å². The predicted molar refractivity (Wildman–Crippen MR) is 112 cm³/mol. The molecule has 1 saturated heterocycles. The van der Waals surface area contributed by atoms with E-state index in [0.717, 1.165) is 36.8 Å². The van der Waals surface area contributed by atoms with Crippen molar-refractivity contribution in [1.82, 2.24) is 14.7 Å². The van der Waals surface area contributed by atoms with E-state index in [0.29, 0.717) is 5.56 Å². The molecule has 2 fully saturated rings. The first-order valence-corrected chi connectivity index (χ1v) is 11.5. The van der Waals surface area contributed by atoms with Crippen LogP contribution in [0.1, 0.15) is 56.8 Å². The maximum atomic E-state index is 13.2. The highest BCUT2D eigenvalue weighted by atomic mass is 32.2. The largest absolute Gasteiger partial charge is 0.457 e. The molecule has 0 amide bonds. The third-order valence-corrected chi connectivity index (χ3v) is 7.41. The maximum absolute atomic E-state index is 13.2. The van der Waals surface area contributed by atoms with Crippen LogP contribution in [0.25, 0.3) is 11.1 Å². The molecule has 1 aliphatic heterocycles. The van der Waals surface area contributed by atoms with Gasteiger partial charge in [-0.1, -0.05) is 37.5 Å². The Morgan fingerprint density at radius 1 is 1.10 bits per heavy atom. The summed E-state index contributed by atoms with van der Waals surface area (Å²) < 4.78 is 35.0. The third-order valence-electron chi connectivity index (χ3n) is 5.49. The summed E-state index contributed by atoms with van der Waals surface area (Å²) in [5, 5.41) is -0.870. The fourth-order valence-electron chi connectivity index (χ4n) is 4.22. The van der Waals surface area contributed by atoms with Crippen LogP contribution < -0.4 is 4.72 Å². The van der Waals surface area contributed by atoms with Crippen molar-refractivity contribution in [1.29, 1.82) is 0 Å². The quantitative estimate of drug-likeness (QED) is 0.828. The highest BCUT2D eigenvalue weighted by Gasteiger charge is 2.48. The van der Waals surface area contributed by atoms with Gasteiger partial charge in [-0.15, -0.1) is 0 Å². The van der Waals surface area contributed by atoms with Crippen molar-refractivity contribution in [2.75, 3.05) is 0 Å². The number of hydrogen-bond donors (Lipinski definition) is 1. The Bertz CT molecular complexity index is 1000. The van der Waals surface area contributed by atoms with E-state index in [-0.39, 0.29) is 12.1 Å². The number of benzene rings is 1. The van der Waals surface area contributed by atoms with Crippen molar-refractivity contribution >= 4 is 16.0 Å². The number of ether oxygens (including phenoxy) is 1. The van der Waals surface area contributed by atoms with E-state index in [1.165, 1.54) is 12.7 Å². The van der Waals surface area contributed by atoms with Gasteiger partial charge < -0.3 is 4.74 Å². The van der Waals surface area contributed by atoms with Crippen LogP contribution in [0.4, 0.5) is 0 Å². The first-order chi connectivity index (χ1) is 13.9. The van der Waals surface area contributed by atoms with Gasteiger partial charge in [-0.3, -0.25) is 0 Å². The first-order valence-electron chi connectivity index (χ1n) is 9.99. The lowest BCUT2D eigenvalue weighted by Crippen LogP contribution is -2.53. The molecule has 1 saturated carbocycles. The monoisotopic (exact) mass is 414 g/mol. The molecule has 4 rings (SSSR count). The van der Waals surface area contributed by atoms with E-state index in [1.807, 2.05) is 24.3 Å². The summed E-state index contributed by atoms with van der Waals surface area (Å²) in [4.78, 5) is 12.7. The van der Waals surface area contributed by atoms with Crippen LogP contribution in [-0.4, -0.2) is 36.1 Å². The van der Waals surface area contributed by atoms with Crippen molar-refractivity contribution in [3.8, 4) is 11.1 Å². The van der Waals surface area contributed by atoms with Crippen LogP contribution in [-0.2, 0) is 14.8 Å². The van der Waals surface area contributed by atoms with Crippen molar-refractivity contribution in [2.45, 2.75) is 62.8 Å². The summed E-state index contributed by atoms with van der Waals surface area (Å²) in [5.41, 5.74) is 1.37. The summed E-state index contributed by atoms with van der Waals surface area (Å²) in [6.07, 6.45) is 10.3. The van der Waals surface area contributed by atoms with Crippen LogP contribution in [0.5, 0.6) is 0 Å². The van der Waals surface area contributed by atoms with E-state index in [1.54, 1.807) is 26.2 Å². The second-order valence-electron chi connectivity index (χ2n) is 8.21. The SMILES string of the molecule is CC1(C)OC(=NC2CCCCC2)NS(=O)(=O)C1c1cccc(-c2cncnc2)c1. The first kappa shape index (κ1) is 19.8. The zero-order valence-electron chi connectivity index (χ0n) is 16.7. The fourth-order valence-corrected chi connectivity index (χ4v) is 5.97. The molecule has 0 spiro atoms. The van der Waals surface area contributed by atoms with Crippen LogP contribution in [0.3, 0.4) is 0 Å². The smallest absolute Gasteiger partial charge is 0.299 e. The number of sulfonamides is 1. The van der Waals surface area contributed by atoms with E-state index < -0.39 is 20.9 Å². The summed E-state index contributed by atoms with van der Waals surface area (Å²) in [6.45, 7) is 3.59. The molecular weight excluding hydrogens is 388 g/mol. The minimum atomic E-state index is -3.72. The maximum Gasteiger partial charge on any atom is 0.299 e. The molecule has 29 heavy (non-hydrogen) atoms. The van der Waals surface area contributed by atoms with Gasteiger partial charge in [0.25, 0.3) is 6.02 Å². The molecule has 1 aromatic heterocycles. The Balaban J connectivity index is 1.66. The molecule has 154 valence electrons. The summed E-state index contributed by atoms with van der Waals surface area (Å²) in [7, 11) is -3.72. The standard InChI is InChI=1S/C21H26N4O3S/c1-21(2)19(16-8-6-7-15(11-16)17-12-22-14-23-13-17)29(26,27)25-20(28-21)24-18-9-4-3-5-10-18/h6-8,11-14,18-19H,3-5,9-10H2,1-2H3,(H,24,25). The van der Waals surface area contributed by atoms with E-state index in [9.17, 15) is 8.42 Å². The number of rotatable bonds is 3. The van der Waals surface area contributed by atoms with Crippen LogP contribution in [0.2, 0.25) is 0 Å². The predicted octanol–water partition coefficient (Wildman–Crippen LogP) is 3.60. The lowest BCUT2D eigenvalue weighted by Gasteiger charge is -2.39. The number of aromatic nitrogens is 2. The topological polar surface area (TPSA) is 93.5 Å². The molecule has 7 nitrogen and oxygen atoms in total. The number of nitrogens with zero attached hydrogens (tertiary/aromatic N) is 3. The highest BCUT2D eigenvalue weighted by Crippen LogP contribution is 2.39. The van der Waals surface area contributed by atoms with Crippen LogP contribution in [0, 0.1) is 0 Å². The van der Waals surface area contributed by atoms with Crippen LogP contribution >= 0.6 is 0 Å². The van der Waals surface area contributed by atoms with Gasteiger partial charge in [-0.2, -0.15) is 0 Å². The Hall–Kier alpha value is -2.48. The third kappa shape index (κ3) is 4.27. The summed E-state index contributed by atoms with van der Waals surface area (Å²) >= 11 is 0. The fraction of sp³-hybridized carbons (Fsp3) is 0.476. The second-order valence-corrected chi connectivity index (χ2v) is 9.98. The average Bonchev–Trinajstić information content (AvgIpc) is 2.68. The minimum absolute atomic E-state index is 0.116. The Kier molecular flexibility index (Phi) is 5.29. The molecule has 1 atom stereocenters. The molecule has 1 aliphatic carbocycles. The van der Waals surface area contributed by atoms with Gasteiger partial charge in [0, 0.05) is 18.0 Å². The van der Waals surface area contributed by atoms with E-state index >= 15 is 0 Å². The summed E-state index contributed by atoms with van der Waals surface area (Å²) in [6, 6.07) is 7.66. The highest BCUT2D eigenvalue weighted by molar-refractivity contribution is 7.90. The number of aliphatic imine (C=N–C) groups is 1. The molecule has 8 heteroatoms. The minimum Gasteiger partial charge on any atom is -0.457 e. The normalized spacial score (nSPS) is 25.2. The zero-order valence-corrected chi connectivity index (χ0v) is 17.5. The van der Waals surface area contributed by atoms with Gasteiger partial charge in [0.15, 0.2) is 0 Å². The molecule has 1 N–H and O–H groups in total. The van der Waals surface area contributed by atoms with Gasteiger partial charge in [0.2, 0.25) is 10.0 Å². The molecule has 0 bridgehead atoms. The Morgan fingerprint density at radius 3 is 2.52 bits per heavy atom. The second kappa shape index (κ2) is 7.74. The molecule has 1 unspecified atom stereocenters. The van der Waals surface area contributed by atoms with Gasteiger partial charge in [0.1, 0.15) is 17.2 Å². The van der Waals surface area contributed by atoms with E-state index in [4.69, 9.17) is 4.74 Å². The zero-order chi connectivity index (χ0) is 20.5. The molecule has 2 aliphatic rings. The van der Waals surface area contributed by atoms with Gasteiger partial charge in [-0.05, 0) is 43.9 Å². The lowest BCUT2D eigenvalue weighted by atomic mass is 9.95. The molecule has 2 aromatic rings. The Labute approximate surface area is 171 Å². The number of nitrogens with one attached hydrogen (secondary N) is 1. The Morgan fingerprint density at radius 2 is 1.83 bits per heavy atom. The average molecular weight is 415 g/mol. The van der Waals surface area contributed by atoms with Crippen molar-refractivity contribution in [3.05, 3.63) is 48.5 Å². The molecular formula is C21H26N4O3S. The van der Waals surface area contributed by atoms with Gasteiger partial charge >= 0.3 is 0 Å². The summed E-state index contributed by atoms with van der Waals surface area (Å²) in [5.74, 6) is 0. The van der Waals surface area contributed by atoms with Crippen LogP contribution in [0.15, 0.2) is 48.0 Å². The molecule has 2 heterocycles. The van der Waals surface area contributed by atoms with Crippen molar-refractivity contribution in [2.24, 2.45) is 4.99 Å². The van der Waals surface area contributed by atoms with E-state index in [2.05, 4.69) is 19.7 Å².